The minimum absolute atomic E-state index is 0.702. The SMILES string of the molecule is CCC1CCCC1Nc1cccc(I)c1. The van der Waals surface area contributed by atoms with E-state index in [1.165, 1.54) is 34.9 Å². The molecule has 1 aliphatic carbocycles. The predicted octanol–water partition coefficient (Wildman–Crippen LogP) is 4.28. The summed E-state index contributed by atoms with van der Waals surface area (Å²) in [6, 6.07) is 9.37. The molecule has 0 radical (unpaired) electrons. The minimum Gasteiger partial charge on any atom is -0.382 e. The van der Waals surface area contributed by atoms with Gasteiger partial charge in [0.2, 0.25) is 0 Å². The number of nitrogens with one attached hydrogen (secondary N) is 1. The van der Waals surface area contributed by atoms with Crippen LogP contribution in [0.2, 0.25) is 0 Å². The van der Waals surface area contributed by atoms with E-state index in [4.69, 9.17) is 0 Å². The highest BCUT2D eigenvalue weighted by Gasteiger charge is 2.25. The van der Waals surface area contributed by atoms with Crippen molar-refractivity contribution in [1.82, 2.24) is 0 Å². The van der Waals surface area contributed by atoms with Crippen LogP contribution in [-0.2, 0) is 0 Å². The van der Waals surface area contributed by atoms with Gasteiger partial charge in [0.15, 0.2) is 0 Å². The molecular weight excluding hydrogens is 297 g/mol. The van der Waals surface area contributed by atoms with Crippen LogP contribution in [0.1, 0.15) is 32.6 Å². The van der Waals surface area contributed by atoms with Gasteiger partial charge in [-0.3, -0.25) is 0 Å². The fourth-order valence-electron chi connectivity index (χ4n) is 2.51. The first-order valence-electron chi connectivity index (χ1n) is 5.81. The van der Waals surface area contributed by atoms with Crippen molar-refractivity contribution in [2.75, 3.05) is 5.32 Å². The standard InChI is InChI=1S/C13H18IN/c1-2-10-5-3-8-13(10)15-12-7-4-6-11(14)9-12/h4,6-7,9-10,13,15H,2-3,5,8H2,1H3. The molecule has 1 saturated carbocycles. The normalized spacial score (nSPS) is 25.5. The lowest BCUT2D eigenvalue weighted by Crippen LogP contribution is -2.23. The monoisotopic (exact) mass is 315 g/mol. The van der Waals surface area contributed by atoms with Crippen LogP contribution in [0.4, 0.5) is 5.69 Å². The maximum Gasteiger partial charge on any atom is 0.0353 e. The van der Waals surface area contributed by atoms with Crippen molar-refractivity contribution in [3.8, 4) is 0 Å². The second-order valence-corrected chi connectivity index (χ2v) is 5.61. The molecule has 15 heavy (non-hydrogen) atoms. The molecule has 0 saturated heterocycles. The summed E-state index contributed by atoms with van der Waals surface area (Å²) >= 11 is 2.37. The van der Waals surface area contributed by atoms with E-state index in [1.54, 1.807) is 0 Å². The zero-order valence-electron chi connectivity index (χ0n) is 9.17. The van der Waals surface area contributed by atoms with Gasteiger partial charge in [-0.05, 0) is 59.5 Å². The molecule has 1 aliphatic rings. The molecule has 2 atom stereocenters. The van der Waals surface area contributed by atoms with Gasteiger partial charge in [-0.25, -0.2) is 0 Å². The Labute approximate surface area is 106 Å². The molecule has 1 N–H and O–H groups in total. The number of benzene rings is 1. The Bertz CT molecular complexity index is 324. The van der Waals surface area contributed by atoms with Gasteiger partial charge in [-0.2, -0.15) is 0 Å². The number of halogens is 1. The first-order chi connectivity index (χ1) is 7.29. The fraction of sp³-hybridized carbons (Fsp3) is 0.538. The molecule has 1 nitrogen and oxygen atoms in total. The van der Waals surface area contributed by atoms with Crippen LogP contribution < -0.4 is 5.32 Å². The Morgan fingerprint density at radius 3 is 3.00 bits per heavy atom. The minimum atomic E-state index is 0.702. The maximum absolute atomic E-state index is 3.68. The third kappa shape index (κ3) is 2.86. The van der Waals surface area contributed by atoms with Crippen LogP contribution in [0.5, 0.6) is 0 Å². The van der Waals surface area contributed by atoms with Crippen LogP contribution >= 0.6 is 22.6 Å². The van der Waals surface area contributed by atoms with Gasteiger partial charge in [0.25, 0.3) is 0 Å². The number of hydrogen-bond donors (Lipinski definition) is 1. The molecule has 1 aromatic carbocycles. The summed E-state index contributed by atoms with van der Waals surface area (Å²) in [7, 11) is 0. The largest absolute Gasteiger partial charge is 0.382 e. The van der Waals surface area contributed by atoms with Crippen molar-refractivity contribution in [1.29, 1.82) is 0 Å². The smallest absolute Gasteiger partial charge is 0.0353 e. The summed E-state index contributed by atoms with van der Waals surface area (Å²) < 4.78 is 1.31. The first kappa shape index (κ1) is 11.2. The highest BCUT2D eigenvalue weighted by atomic mass is 127. The molecule has 1 aromatic rings. The maximum atomic E-state index is 3.68. The van der Waals surface area contributed by atoms with Gasteiger partial charge >= 0.3 is 0 Å². The van der Waals surface area contributed by atoms with E-state index in [9.17, 15) is 0 Å². The Kier molecular flexibility index (Phi) is 3.89. The highest BCUT2D eigenvalue weighted by molar-refractivity contribution is 14.1. The molecule has 0 bridgehead atoms. The van der Waals surface area contributed by atoms with Crippen LogP contribution in [0.15, 0.2) is 24.3 Å². The summed E-state index contributed by atoms with van der Waals surface area (Å²) in [4.78, 5) is 0. The van der Waals surface area contributed by atoms with Crippen LogP contribution in [-0.4, -0.2) is 6.04 Å². The Balaban J connectivity index is 2.02. The predicted molar refractivity (Wildman–Crippen MR) is 74.2 cm³/mol. The Morgan fingerprint density at radius 1 is 1.40 bits per heavy atom. The summed E-state index contributed by atoms with van der Waals surface area (Å²) in [5, 5.41) is 3.68. The van der Waals surface area contributed by atoms with Gasteiger partial charge < -0.3 is 5.32 Å². The fourth-order valence-corrected chi connectivity index (χ4v) is 3.05. The van der Waals surface area contributed by atoms with Crippen molar-refractivity contribution in [2.24, 2.45) is 5.92 Å². The summed E-state index contributed by atoms with van der Waals surface area (Å²) in [6.45, 7) is 2.30. The van der Waals surface area contributed by atoms with Gasteiger partial charge in [0.05, 0.1) is 0 Å². The summed E-state index contributed by atoms with van der Waals surface area (Å²) in [6.07, 6.45) is 5.43. The molecule has 0 amide bonds. The lowest BCUT2D eigenvalue weighted by molar-refractivity contribution is 0.489. The molecule has 0 heterocycles. The zero-order chi connectivity index (χ0) is 10.7. The lowest BCUT2D eigenvalue weighted by atomic mass is 10.0. The molecule has 1 fully saturated rings. The third-order valence-electron chi connectivity index (χ3n) is 3.36. The summed E-state index contributed by atoms with van der Waals surface area (Å²) in [5.74, 6) is 0.878. The van der Waals surface area contributed by atoms with E-state index in [-0.39, 0.29) is 0 Å². The van der Waals surface area contributed by atoms with Gasteiger partial charge in [-0.1, -0.05) is 25.8 Å². The van der Waals surface area contributed by atoms with Crippen molar-refractivity contribution in [3.63, 3.8) is 0 Å². The molecule has 82 valence electrons. The van der Waals surface area contributed by atoms with E-state index in [1.807, 2.05) is 0 Å². The molecule has 0 aliphatic heterocycles. The van der Waals surface area contributed by atoms with Gasteiger partial charge in [-0.15, -0.1) is 0 Å². The van der Waals surface area contributed by atoms with E-state index in [0.29, 0.717) is 6.04 Å². The average Bonchev–Trinajstić information content (AvgIpc) is 2.65. The topological polar surface area (TPSA) is 12.0 Å². The zero-order valence-corrected chi connectivity index (χ0v) is 11.3. The number of rotatable bonds is 3. The second-order valence-electron chi connectivity index (χ2n) is 4.36. The van der Waals surface area contributed by atoms with E-state index >= 15 is 0 Å². The van der Waals surface area contributed by atoms with Crippen molar-refractivity contribution in [2.45, 2.75) is 38.6 Å². The average molecular weight is 315 g/mol. The number of anilines is 1. The van der Waals surface area contributed by atoms with E-state index in [2.05, 4.69) is 59.1 Å². The van der Waals surface area contributed by atoms with Crippen LogP contribution in [0.3, 0.4) is 0 Å². The summed E-state index contributed by atoms with van der Waals surface area (Å²) in [5.41, 5.74) is 1.28. The molecule has 2 rings (SSSR count). The van der Waals surface area contributed by atoms with Crippen molar-refractivity contribution in [3.05, 3.63) is 27.8 Å². The van der Waals surface area contributed by atoms with Crippen LogP contribution in [0, 0.1) is 9.49 Å². The molecule has 0 spiro atoms. The van der Waals surface area contributed by atoms with E-state index in [0.717, 1.165) is 5.92 Å². The lowest BCUT2D eigenvalue weighted by Gasteiger charge is -2.20. The second kappa shape index (κ2) is 5.19. The highest BCUT2D eigenvalue weighted by Crippen LogP contribution is 2.30. The first-order valence-corrected chi connectivity index (χ1v) is 6.89. The van der Waals surface area contributed by atoms with Gasteiger partial charge in [0, 0.05) is 15.3 Å². The van der Waals surface area contributed by atoms with Crippen molar-refractivity contribution < 1.29 is 0 Å². The Hall–Kier alpha value is -0.250. The molecule has 2 heteroatoms. The molecular formula is C13H18IN. The van der Waals surface area contributed by atoms with Crippen molar-refractivity contribution >= 4 is 28.3 Å². The quantitative estimate of drug-likeness (QED) is 0.821. The van der Waals surface area contributed by atoms with Crippen LogP contribution in [0.25, 0.3) is 0 Å². The van der Waals surface area contributed by atoms with Gasteiger partial charge in [0.1, 0.15) is 0 Å². The molecule has 0 aromatic heterocycles. The van der Waals surface area contributed by atoms with E-state index < -0.39 is 0 Å². The third-order valence-corrected chi connectivity index (χ3v) is 4.03. The Morgan fingerprint density at radius 2 is 2.27 bits per heavy atom. The molecule has 2 unspecified atom stereocenters. The number of hydrogen-bond acceptors (Lipinski definition) is 1.